The molecule has 7 heteroatoms. The fourth-order valence-corrected chi connectivity index (χ4v) is 4.20. The van der Waals surface area contributed by atoms with E-state index in [4.69, 9.17) is 0 Å². The predicted octanol–water partition coefficient (Wildman–Crippen LogP) is 4.03. The molecule has 0 bridgehead atoms. The van der Waals surface area contributed by atoms with Gasteiger partial charge in [-0.05, 0) is 42.8 Å². The van der Waals surface area contributed by atoms with Gasteiger partial charge in [-0.1, -0.05) is 47.7 Å². The molecule has 5 aromatic rings. The Kier molecular flexibility index (Phi) is 4.37. The molecule has 0 fully saturated rings. The second-order valence-corrected chi connectivity index (χ2v) is 7.70. The molecule has 0 radical (unpaired) electrons. The van der Waals surface area contributed by atoms with E-state index in [1.807, 2.05) is 78.2 Å². The van der Waals surface area contributed by atoms with Crippen LogP contribution >= 0.6 is 11.8 Å². The molecule has 0 aliphatic rings. The average molecular weight is 399 g/mol. The van der Waals surface area contributed by atoms with Crippen LogP contribution < -0.4 is 5.56 Å². The van der Waals surface area contributed by atoms with Crippen LogP contribution in [-0.2, 0) is 5.75 Å². The van der Waals surface area contributed by atoms with E-state index in [2.05, 4.69) is 15.2 Å². The molecule has 3 aromatic heterocycles. The number of pyridine rings is 1. The SMILES string of the molecule is Cc1ccc(-n2c(=O)c3ccccc3n3c(SCc4cccnc4)nnc23)cc1. The summed E-state index contributed by atoms with van der Waals surface area (Å²) in [5, 5.41) is 10.1. The van der Waals surface area contributed by atoms with Crippen molar-refractivity contribution in [2.24, 2.45) is 0 Å². The highest BCUT2D eigenvalue weighted by Gasteiger charge is 2.17. The number of hydrogen-bond acceptors (Lipinski definition) is 5. The summed E-state index contributed by atoms with van der Waals surface area (Å²) in [4.78, 5) is 17.5. The first kappa shape index (κ1) is 17.6. The van der Waals surface area contributed by atoms with Crippen LogP contribution in [-0.4, -0.2) is 24.1 Å². The van der Waals surface area contributed by atoms with Gasteiger partial charge in [0, 0.05) is 18.1 Å². The molecule has 2 aromatic carbocycles. The van der Waals surface area contributed by atoms with Gasteiger partial charge in [0.1, 0.15) is 0 Å². The molecule has 0 amide bonds. The maximum atomic E-state index is 13.3. The van der Waals surface area contributed by atoms with Gasteiger partial charge in [-0.15, -0.1) is 10.2 Å². The number of fused-ring (bicyclic) bond motifs is 3. The van der Waals surface area contributed by atoms with Crippen LogP contribution in [0, 0.1) is 6.92 Å². The molecular weight excluding hydrogens is 382 g/mol. The Balaban J connectivity index is 1.73. The molecule has 0 aliphatic carbocycles. The van der Waals surface area contributed by atoms with Crippen LogP contribution in [0.1, 0.15) is 11.1 Å². The van der Waals surface area contributed by atoms with Crippen LogP contribution in [0.5, 0.6) is 0 Å². The molecular formula is C22H17N5OS. The summed E-state index contributed by atoms with van der Waals surface area (Å²) in [5.74, 6) is 1.22. The molecule has 29 heavy (non-hydrogen) atoms. The minimum absolute atomic E-state index is 0.104. The van der Waals surface area contributed by atoms with Crippen molar-refractivity contribution in [3.63, 3.8) is 0 Å². The lowest BCUT2D eigenvalue weighted by atomic mass is 10.2. The Labute approximate surface area is 170 Å². The predicted molar refractivity (Wildman–Crippen MR) is 115 cm³/mol. The lowest BCUT2D eigenvalue weighted by Gasteiger charge is -2.11. The van der Waals surface area contributed by atoms with E-state index < -0.39 is 0 Å². The van der Waals surface area contributed by atoms with Crippen LogP contribution in [0.2, 0.25) is 0 Å². The summed E-state index contributed by atoms with van der Waals surface area (Å²) < 4.78 is 3.58. The quantitative estimate of drug-likeness (QED) is 0.427. The highest BCUT2D eigenvalue weighted by molar-refractivity contribution is 7.98. The van der Waals surface area contributed by atoms with E-state index in [9.17, 15) is 4.79 Å². The van der Waals surface area contributed by atoms with Gasteiger partial charge in [0.15, 0.2) is 5.16 Å². The smallest absolute Gasteiger partial charge is 0.267 e. The molecule has 0 saturated carbocycles. The zero-order valence-corrected chi connectivity index (χ0v) is 16.5. The summed E-state index contributed by atoms with van der Waals surface area (Å²) in [7, 11) is 0. The lowest BCUT2D eigenvalue weighted by molar-refractivity contribution is 0.930. The number of aryl methyl sites for hydroxylation is 1. The molecule has 6 nitrogen and oxygen atoms in total. The fourth-order valence-electron chi connectivity index (χ4n) is 3.33. The van der Waals surface area contributed by atoms with E-state index in [0.29, 0.717) is 16.9 Å². The minimum Gasteiger partial charge on any atom is -0.268 e. The number of rotatable bonds is 4. The van der Waals surface area contributed by atoms with Crippen molar-refractivity contribution in [2.75, 3.05) is 0 Å². The zero-order chi connectivity index (χ0) is 19.8. The topological polar surface area (TPSA) is 65.1 Å². The molecule has 0 saturated heterocycles. The number of hydrogen-bond donors (Lipinski definition) is 0. The van der Waals surface area contributed by atoms with Crippen LogP contribution in [0.15, 0.2) is 83.0 Å². The Bertz CT molecular complexity index is 1370. The van der Waals surface area contributed by atoms with Gasteiger partial charge < -0.3 is 0 Å². The summed E-state index contributed by atoms with van der Waals surface area (Å²) in [5.41, 5.74) is 3.70. The third-order valence-electron chi connectivity index (χ3n) is 4.78. The minimum atomic E-state index is -0.104. The molecule has 0 N–H and O–H groups in total. The molecule has 5 rings (SSSR count). The Morgan fingerprint density at radius 1 is 0.966 bits per heavy atom. The molecule has 142 valence electrons. The maximum Gasteiger partial charge on any atom is 0.267 e. The van der Waals surface area contributed by atoms with Gasteiger partial charge in [-0.25, -0.2) is 4.57 Å². The van der Waals surface area contributed by atoms with E-state index in [1.54, 1.807) is 22.5 Å². The van der Waals surface area contributed by atoms with Crippen LogP contribution in [0.4, 0.5) is 0 Å². The number of benzene rings is 2. The third kappa shape index (κ3) is 3.09. The van der Waals surface area contributed by atoms with Crippen LogP contribution in [0.3, 0.4) is 0 Å². The molecule has 0 unspecified atom stereocenters. The Morgan fingerprint density at radius 3 is 2.59 bits per heavy atom. The summed E-state index contributed by atoms with van der Waals surface area (Å²) >= 11 is 1.57. The van der Waals surface area contributed by atoms with Gasteiger partial charge in [0.05, 0.1) is 16.6 Å². The van der Waals surface area contributed by atoms with Gasteiger partial charge >= 0.3 is 0 Å². The number of thioether (sulfide) groups is 1. The van der Waals surface area contributed by atoms with Crippen molar-refractivity contribution in [3.05, 3.63) is 94.5 Å². The van der Waals surface area contributed by atoms with Crippen molar-refractivity contribution in [1.82, 2.24) is 24.1 Å². The maximum absolute atomic E-state index is 13.3. The van der Waals surface area contributed by atoms with Crippen molar-refractivity contribution in [2.45, 2.75) is 17.8 Å². The van der Waals surface area contributed by atoms with Gasteiger partial charge in [-0.2, -0.15) is 0 Å². The highest BCUT2D eigenvalue weighted by atomic mass is 32.2. The average Bonchev–Trinajstić information content (AvgIpc) is 3.18. The van der Waals surface area contributed by atoms with Crippen molar-refractivity contribution >= 4 is 28.4 Å². The standard InChI is InChI=1S/C22H17N5OS/c1-15-8-10-17(11-9-15)26-20(28)18-6-2-3-7-19(18)27-21(26)24-25-22(27)29-14-16-5-4-12-23-13-16/h2-13H,14H2,1H3. The largest absolute Gasteiger partial charge is 0.268 e. The summed E-state index contributed by atoms with van der Waals surface area (Å²) in [6.07, 6.45) is 3.60. The fraction of sp³-hybridized carbons (Fsp3) is 0.0909. The van der Waals surface area contributed by atoms with Crippen molar-refractivity contribution < 1.29 is 0 Å². The second kappa shape index (κ2) is 7.18. The van der Waals surface area contributed by atoms with Gasteiger partial charge in [-0.3, -0.25) is 14.2 Å². The third-order valence-corrected chi connectivity index (χ3v) is 5.78. The highest BCUT2D eigenvalue weighted by Crippen LogP contribution is 2.25. The molecule has 0 spiro atoms. The van der Waals surface area contributed by atoms with E-state index in [-0.39, 0.29) is 5.56 Å². The normalized spacial score (nSPS) is 11.3. The lowest BCUT2D eigenvalue weighted by Crippen LogP contribution is -2.21. The summed E-state index contributed by atoms with van der Waals surface area (Å²) in [6.45, 7) is 2.02. The van der Waals surface area contributed by atoms with Crippen LogP contribution in [0.25, 0.3) is 22.4 Å². The first-order valence-electron chi connectivity index (χ1n) is 9.20. The van der Waals surface area contributed by atoms with Gasteiger partial charge in [0.2, 0.25) is 5.78 Å². The number of aromatic nitrogens is 5. The monoisotopic (exact) mass is 399 g/mol. The molecule has 0 aliphatic heterocycles. The molecule has 3 heterocycles. The second-order valence-electron chi connectivity index (χ2n) is 6.76. The van der Waals surface area contributed by atoms with E-state index in [1.165, 1.54) is 0 Å². The van der Waals surface area contributed by atoms with Crippen molar-refractivity contribution in [3.8, 4) is 5.69 Å². The number of nitrogens with zero attached hydrogens (tertiary/aromatic N) is 5. The summed E-state index contributed by atoms with van der Waals surface area (Å²) in [6, 6.07) is 19.4. The van der Waals surface area contributed by atoms with E-state index in [0.717, 1.165) is 27.5 Å². The van der Waals surface area contributed by atoms with Gasteiger partial charge in [0.25, 0.3) is 5.56 Å². The van der Waals surface area contributed by atoms with E-state index >= 15 is 0 Å². The Morgan fingerprint density at radius 2 is 1.79 bits per heavy atom. The Hall–Kier alpha value is -3.45. The number of para-hydroxylation sites is 1. The zero-order valence-electron chi connectivity index (χ0n) is 15.7. The molecule has 0 atom stereocenters. The first-order valence-corrected chi connectivity index (χ1v) is 10.2. The van der Waals surface area contributed by atoms with Crippen molar-refractivity contribution in [1.29, 1.82) is 0 Å². The first-order chi connectivity index (χ1) is 14.2.